The molecule has 0 aliphatic rings. The number of nitrogen functional groups attached to an aromatic ring is 2. The molecule has 3 aromatic heterocycles. The summed E-state index contributed by atoms with van der Waals surface area (Å²) in [7, 11) is 0. The highest BCUT2D eigenvalue weighted by atomic mass is 32.1. The Morgan fingerprint density at radius 3 is 2.44 bits per heavy atom. The predicted molar refractivity (Wildman–Crippen MR) is 113 cm³/mol. The molecule has 0 unspecified atom stereocenters. The third kappa shape index (κ3) is 3.13. The average Bonchev–Trinajstić information content (AvgIpc) is 3.21. The van der Waals surface area contributed by atoms with Gasteiger partial charge < -0.3 is 16.4 Å². The number of hydrogen-bond acceptors (Lipinski definition) is 7. The first-order valence-corrected chi connectivity index (χ1v) is 10.3. The van der Waals surface area contributed by atoms with Gasteiger partial charge in [0.05, 0.1) is 5.69 Å². The van der Waals surface area contributed by atoms with Gasteiger partial charge >= 0.3 is 0 Å². The van der Waals surface area contributed by atoms with Crippen molar-refractivity contribution in [2.24, 2.45) is 0 Å². The van der Waals surface area contributed by atoms with Crippen molar-refractivity contribution in [1.82, 2.24) is 9.88 Å². The lowest BCUT2D eigenvalue weighted by molar-refractivity contribution is 0.0650. The number of carbonyl (C=O) groups excluding carboxylic acids is 1. The number of carbonyl (C=O) groups is 1. The van der Waals surface area contributed by atoms with Gasteiger partial charge in [0, 0.05) is 23.0 Å². The number of nitriles is 1. The number of pyridine rings is 1. The van der Waals surface area contributed by atoms with E-state index in [4.69, 9.17) is 11.5 Å². The summed E-state index contributed by atoms with van der Waals surface area (Å²) in [4.78, 5) is 20.3. The number of hydrogen-bond donors (Lipinski definition) is 2. The summed E-state index contributed by atoms with van der Waals surface area (Å²) in [5.41, 5.74) is 14.6. The molecule has 1 amide bonds. The first-order valence-electron chi connectivity index (χ1n) is 8.54. The van der Waals surface area contributed by atoms with Crippen LogP contribution in [-0.2, 0) is 0 Å². The molecular formula is C19H21N5OS2. The maximum atomic E-state index is 13.2. The Morgan fingerprint density at radius 1 is 1.26 bits per heavy atom. The van der Waals surface area contributed by atoms with E-state index in [1.807, 2.05) is 44.5 Å². The minimum atomic E-state index is -0.131. The minimum absolute atomic E-state index is 0.0335. The molecule has 0 saturated carbocycles. The fourth-order valence-corrected chi connectivity index (χ4v) is 5.02. The van der Waals surface area contributed by atoms with Crippen molar-refractivity contribution in [1.29, 1.82) is 5.26 Å². The van der Waals surface area contributed by atoms with Crippen molar-refractivity contribution in [2.75, 3.05) is 11.5 Å². The normalized spacial score (nSPS) is 11.3. The largest absolute Gasteiger partial charge is 0.397 e. The molecule has 0 fully saturated rings. The minimum Gasteiger partial charge on any atom is -0.397 e. The van der Waals surface area contributed by atoms with E-state index in [-0.39, 0.29) is 29.4 Å². The van der Waals surface area contributed by atoms with Crippen LogP contribution in [0.2, 0.25) is 0 Å². The summed E-state index contributed by atoms with van der Waals surface area (Å²) in [5.74, 6) is 0.0184. The van der Waals surface area contributed by atoms with Gasteiger partial charge in [0.25, 0.3) is 5.91 Å². The van der Waals surface area contributed by atoms with E-state index in [0.717, 1.165) is 5.56 Å². The number of nitrogens with zero attached hydrogens (tertiary/aromatic N) is 3. The van der Waals surface area contributed by atoms with E-state index < -0.39 is 0 Å². The van der Waals surface area contributed by atoms with Crippen LogP contribution in [0.5, 0.6) is 0 Å². The molecule has 3 rings (SSSR count). The highest BCUT2D eigenvalue weighted by molar-refractivity contribution is 7.21. The molecule has 0 aliphatic carbocycles. The molecule has 8 heteroatoms. The van der Waals surface area contributed by atoms with Gasteiger partial charge in [-0.2, -0.15) is 16.6 Å². The zero-order valence-electron chi connectivity index (χ0n) is 15.6. The Hall–Kier alpha value is -2.63. The summed E-state index contributed by atoms with van der Waals surface area (Å²) in [5, 5.41) is 14.1. The van der Waals surface area contributed by atoms with Gasteiger partial charge in [0.2, 0.25) is 0 Å². The van der Waals surface area contributed by atoms with Gasteiger partial charge in [-0.15, -0.1) is 11.3 Å². The molecule has 140 valence electrons. The molecule has 4 N–H and O–H groups in total. The summed E-state index contributed by atoms with van der Waals surface area (Å²) in [6.07, 6.45) is 0. The van der Waals surface area contributed by atoms with Gasteiger partial charge in [-0.3, -0.25) is 4.79 Å². The van der Waals surface area contributed by atoms with Gasteiger partial charge in [-0.1, -0.05) is 0 Å². The molecule has 6 nitrogen and oxygen atoms in total. The molecule has 0 saturated heterocycles. The molecule has 0 aliphatic heterocycles. The Labute approximate surface area is 166 Å². The van der Waals surface area contributed by atoms with Gasteiger partial charge in [0.15, 0.2) is 0 Å². The summed E-state index contributed by atoms with van der Waals surface area (Å²) < 4.78 is 0. The molecular weight excluding hydrogens is 378 g/mol. The molecule has 3 aromatic rings. The summed E-state index contributed by atoms with van der Waals surface area (Å²) in [6.45, 7) is 7.90. The maximum Gasteiger partial charge on any atom is 0.266 e. The van der Waals surface area contributed by atoms with Gasteiger partial charge in [0.1, 0.15) is 27.2 Å². The van der Waals surface area contributed by atoms with Crippen LogP contribution in [-0.4, -0.2) is 27.9 Å². The van der Waals surface area contributed by atoms with Crippen molar-refractivity contribution in [3.8, 4) is 17.2 Å². The van der Waals surface area contributed by atoms with E-state index >= 15 is 0 Å². The smallest absolute Gasteiger partial charge is 0.266 e. The van der Waals surface area contributed by atoms with Crippen LogP contribution >= 0.6 is 22.7 Å². The van der Waals surface area contributed by atoms with Gasteiger partial charge in [-0.25, -0.2) is 4.98 Å². The number of amides is 1. The first-order chi connectivity index (χ1) is 12.8. The van der Waals surface area contributed by atoms with Crippen molar-refractivity contribution < 1.29 is 4.79 Å². The van der Waals surface area contributed by atoms with E-state index in [0.29, 0.717) is 26.3 Å². The zero-order chi connectivity index (χ0) is 19.9. The van der Waals surface area contributed by atoms with Crippen LogP contribution in [0.4, 0.5) is 11.5 Å². The fourth-order valence-electron chi connectivity index (χ4n) is 3.32. The van der Waals surface area contributed by atoms with Crippen LogP contribution in [0.15, 0.2) is 16.8 Å². The number of aromatic nitrogens is 1. The van der Waals surface area contributed by atoms with Crippen LogP contribution in [0.3, 0.4) is 0 Å². The standard InChI is InChI=1S/C19H21N5OS2/c1-9(2)24(10(3)4)19(25)16-15(21)14-13(11-5-6-26-8-11)12(7-20)17(22)23-18(14)27-16/h5-6,8-10H,21H2,1-4H3,(H2,22,23). The van der Waals surface area contributed by atoms with Crippen LogP contribution < -0.4 is 11.5 Å². The summed E-state index contributed by atoms with van der Waals surface area (Å²) in [6, 6.07) is 4.12. The van der Waals surface area contributed by atoms with Crippen molar-refractivity contribution in [2.45, 2.75) is 39.8 Å². The average molecular weight is 400 g/mol. The van der Waals surface area contributed by atoms with E-state index in [1.54, 1.807) is 4.90 Å². The molecule has 27 heavy (non-hydrogen) atoms. The lowest BCUT2D eigenvalue weighted by atomic mass is 9.99. The molecule has 0 bridgehead atoms. The number of nitrogens with two attached hydrogens (primary N) is 2. The summed E-state index contributed by atoms with van der Waals surface area (Å²) >= 11 is 2.74. The van der Waals surface area contributed by atoms with Crippen LogP contribution in [0, 0.1) is 11.3 Å². The van der Waals surface area contributed by atoms with E-state index in [2.05, 4.69) is 11.1 Å². The van der Waals surface area contributed by atoms with Crippen molar-refractivity contribution in [3.05, 3.63) is 27.3 Å². The topological polar surface area (TPSA) is 109 Å². The SMILES string of the molecule is CC(C)N(C(=O)c1sc2nc(N)c(C#N)c(-c3ccsc3)c2c1N)C(C)C. The second kappa shape index (κ2) is 7.18. The lowest BCUT2D eigenvalue weighted by Crippen LogP contribution is -2.41. The Morgan fingerprint density at radius 2 is 1.93 bits per heavy atom. The van der Waals surface area contributed by atoms with E-state index in [9.17, 15) is 10.1 Å². The number of rotatable bonds is 4. The zero-order valence-corrected chi connectivity index (χ0v) is 17.2. The van der Waals surface area contributed by atoms with Crippen molar-refractivity contribution >= 4 is 50.3 Å². The Bertz CT molecular complexity index is 1040. The van der Waals surface area contributed by atoms with Gasteiger partial charge in [-0.05, 0) is 50.1 Å². The third-order valence-electron chi connectivity index (χ3n) is 4.37. The van der Waals surface area contributed by atoms with Crippen LogP contribution in [0.1, 0.15) is 42.9 Å². The molecule has 0 spiro atoms. The fraction of sp³-hybridized carbons (Fsp3) is 0.316. The Balaban J connectivity index is 2.32. The molecule has 0 radical (unpaired) electrons. The molecule has 0 atom stereocenters. The number of fused-ring (bicyclic) bond motifs is 1. The maximum absolute atomic E-state index is 13.2. The third-order valence-corrected chi connectivity index (χ3v) is 6.14. The lowest BCUT2D eigenvalue weighted by Gasteiger charge is -2.30. The quantitative estimate of drug-likeness (QED) is 0.679. The van der Waals surface area contributed by atoms with Crippen LogP contribution in [0.25, 0.3) is 21.3 Å². The highest BCUT2D eigenvalue weighted by Crippen LogP contribution is 2.43. The van der Waals surface area contributed by atoms with Crippen molar-refractivity contribution in [3.63, 3.8) is 0 Å². The monoisotopic (exact) mass is 399 g/mol. The predicted octanol–water partition coefficient (Wildman–Crippen LogP) is 4.32. The number of thiophene rings is 2. The second-order valence-electron chi connectivity index (χ2n) is 6.80. The number of anilines is 2. The first kappa shape index (κ1) is 19.1. The van der Waals surface area contributed by atoms with E-state index in [1.165, 1.54) is 22.7 Å². The second-order valence-corrected chi connectivity index (χ2v) is 8.57. The highest BCUT2D eigenvalue weighted by Gasteiger charge is 2.29. The molecule has 0 aromatic carbocycles. The molecule has 3 heterocycles. The Kier molecular flexibility index (Phi) is 5.09.